The highest BCUT2D eigenvalue weighted by Gasteiger charge is 2.31. The lowest BCUT2D eigenvalue weighted by Gasteiger charge is -2.22. The van der Waals surface area contributed by atoms with Crippen molar-refractivity contribution in [2.45, 2.75) is 38.3 Å². The van der Waals surface area contributed by atoms with Crippen LogP contribution < -0.4 is 0 Å². The van der Waals surface area contributed by atoms with Crippen LogP contribution in [0.25, 0.3) is 0 Å². The molecule has 0 N–H and O–H groups in total. The SMILES string of the molecule is O=C(CCCCl)N(Cc1ccc(F)cc1)C1CC1. The minimum Gasteiger partial charge on any atom is -0.335 e. The molecule has 1 amide bonds. The van der Waals surface area contributed by atoms with Gasteiger partial charge in [0.2, 0.25) is 5.91 Å². The number of halogens is 2. The van der Waals surface area contributed by atoms with E-state index in [1.165, 1.54) is 12.1 Å². The number of hydrogen-bond acceptors (Lipinski definition) is 1. The molecule has 18 heavy (non-hydrogen) atoms. The summed E-state index contributed by atoms with van der Waals surface area (Å²) in [4.78, 5) is 14.0. The normalized spacial score (nSPS) is 14.6. The van der Waals surface area contributed by atoms with Crippen molar-refractivity contribution in [2.75, 3.05) is 5.88 Å². The van der Waals surface area contributed by atoms with E-state index in [0.29, 0.717) is 31.3 Å². The minimum absolute atomic E-state index is 0.155. The van der Waals surface area contributed by atoms with Gasteiger partial charge in [0.05, 0.1) is 0 Å². The van der Waals surface area contributed by atoms with Gasteiger partial charge in [0, 0.05) is 24.9 Å². The van der Waals surface area contributed by atoms with Crippen molar-refractivity contribution in [1.29, 1.82) is 0 Å². The van der Waals surface area contributed by atoms with Gasteiger partial charge < -0.3 is 4.90 Å². The van der Waals surface area contributed by atoms with Crippen molar-refractivity contribution >= 4 is 17.5 Å². The number of amides is 1. The maximum Gasteiger partial charge on any atom is 0.223 e. The van der Waals surface area contributed by atoms with Crippen LogP contribution in [0.3, 0.4) is 0 Å². The van der Waals surface area contributed by atoms with Gasteiger partial charge in [0.1, 0.15) is 5.82 Å². The largest absolute Gasteiger partial charge is 0.335 e. The molecule has 0 radical (unpaired) electrons. The predicted molar refractivity (Wildman–Crippen MR) is 69.9 cm³/mol. The van der Waals surface area contributed by atoms with Crippen LogP contribution in [0.4, 0.5) is 4.39 Å². The maximum absolute atomic E-state index is 12.8. The van der Waals surface area contributed by atoms with Crippen molar-refractivity contribution < 1.29 is 9.18 Å². The average molecular weight is 270 g/mol. The smallest absolute Gasteiger partial charge is 0.223 e. The van der Waals surface area contributed by atoms with Gasteiger partial charge in [-0.2, -0.15) is 0 Å². The van der Waals surface area contributed by atoms with Gasteiger partial charge in [0.15, 0.2) is 0 Å². The molecule has 0 saturated heterocycles. The average Bonchev–Trinajstić information content (AvgIpc) is 3.19. The van der Waals surface area contributed by atoms with Gasteiger partial charge in [0.25, 0.3) is 0 Å². The molecule has 0 atom stereocenters. The molecule has 1 fully saturated rings. The van der Waals surface area contributed by atoms with Gasteiger partial charge in [-0.15, -0.1) is 11.6 Å². The molecule has 1 saturated carbocycles. The molecule has 98 valence electrons. The quantitative estimate of drug-likeness (QED) is 0.726. The lowest BCUT2D eigenvalue weighted by atomic mass is 10.2. The molecule has 1 aromatic carbocycles. The first-order valence-corrected chi connectivity index (χ1v) is 6.84. The highest BCUT2D eigenvalue weighted by atomic mass is 35.5. The van der Waals surface area contributed by atoms with Crippen LogP contribution in [0.1, 0.15) is 31.2 Å². The molecule has 1 aliphatic rings. The van der Waals surface area contributed by atoms with E-state index in [-0.39, 0.29) is 11.7 Å². The lowest BCUT2D eigenvalue weighted by Crippen LogP contribution is -2.32. The first-order valence-electron chi connectivity index (χ1n) is 6.30. The van der Waals surface area contributed by atoms with Crippen LogP contribution in [0.2, 0.25) is 0 Å². The van der Waals surface area contributed by atoms with Crippen molar-refractivity contribution in [2.24, 2.45) is 0 Å². The molecule has 1 aliphatic carbocycles. The number of alkyl halides is 1. The van der Waals surface area contributed by atoms with E-state index in [2.05, 4.69) is 0 Å². The maximum atomic E-state index is 12.8. The Morgan fingerprint density at radius 3 is 2.56 bits per heavy atom. The summed E-state index contributed by atoms with van der Waals surface area (Å²) in [6.07, 6.45) is 3.37. The Kier molecular flexibility index (Phi) is 4.59. The Morgan fingerprint density at radius 2 is 2.00 bits per heavy atom. The standard InChI is InChI=1S/C14H17ClFNO/c15-9-1-2-14(18)17(13-7-8-13)10-11-3-5-12(16)6-4-11/h3-6,13H,1-2,7-10H2. The third kappa shape index (κ3) is 3.70. The molecule has 0 spiro atoms. The zero-order valence-corrected chi connectivity index (χ0v) is 11.0. The number of hydrogen-bond donors (Lipinski definition) is 0. The van der Waals surface area contributed by atoms with Crippen LogP contribution in [0.5, 0.6) is 0 Å². The predicted octanol–water partition coefficient (Wildman–Crippen LogP) is 3.34. The summed E-state index contributed by atoms with van der Waals surface area (Å²) in [5.74, 6) is 0.425. The molecule has 2 rings (SSSR count). The molecule has 4 heteroatoms. The van der Waals surface area contributed by atoms with Crippen molar-refractivity contribution in [3.63, 3.8) is 0 Å². The summed E-state index contributed by atoms with van der Waals surface area (Å²) in [6.45, 7) is 0.575. The van der Waals surface area contributed by atoms with E-state index < -0.39 is 0 Å². The molecule has 2 nitrogen and oxygen atoms in total. The Hall–Kier alpha value is -1.09. The van der Waals surface area contributed by atoms with Crippen molar-refractivity contribution in [3.8, 4) is 0 Å². The summed E-state index contributed by atoms with van der Waals surface area (Å²) in [7, 11) is 0. The summed E-state index contributed by atoms with van der Waals surface area (Å²) in [5, 5.41) is 0. The Labute approximate surface area is 112 Å². The topological polar surface area (TPSA) is 20.3 Å². The fourth-order valence-corrected chi connectivity index (χ4v) is 2.09. The summed E-state index contributed by atoms with van der Waals surface area (Å²) < 4.78 is 12.8. The monoisotopic (exact) mass is 269 g/mol. The van der Waals surface area contributed by atoms with Crippen LogP contribution in [0, 0.1) is 5.82 Å². The number of carbonyl (C=O) groups is 1. The van der Waals surface area contributed by atoms with E-state index in [0.717, 1.165) is 18.4 Å². The van der Waals surface area contributed by atoms with Crippen molar-refractivity contribution in [3.05, 3.63) is 35.6 Å². The summed E-state index contributed by atoms with van der Waals surface area (Å²) >= 11 is 5.61. The molecule has 0 aliphatic heterocycles. The third-order valence-electron chi connectivity index (χ3n) is 3.10. The lowest BCUT2D eigenvalue weighted by molar-refractivity contribution is -0.132. The molecule has 1 aromatic rings. The van der Waals surface area contributed by atoms with Gasteiger partial charge in [-0.25, -0.2) is 4.39 Å². The first kappa shape index (κ1) is 13.3. The van der Waals surface area contributed by atoms with E-state index >= 15 is 0 Å². The molecule has 0 unspecified atom stereocenters. The molecule has 0 bridgehead atoms. The van der Waals surface area contributed by atoms with Gasteiger partial charge in [-0.05, 0) is 37.0 Å². The van der Waals surface area contributed by atoms with Crippen LogP contribution in [-0.2, 0) is 11.3 Å². The van der Waals surface area contributed by atoms with Crippen LogP contribution >= 0.6 is 11.6 Å². The number of benzene rings is 1. The van der Waals surface area contributed by atoms with E-state index in [9.17, 15) is 9.18 Å². The van der Waals surface area contributed by atoms with Gasteiger partial charge >= 0.3 is 0 Å². The van der Waals surface area contributed by atoms with Crippen LogP contribution in [-0.4, -0.2) is 22.7 Å². The van der Waals surface area contributed by atoms with Crippen molar-refractivity contribution in [1.82, 2.24) is 4.90 Å². The fourth-order valence-electron chi connectivity index (χ4n) is 1.96. The summed E-state index contributed by atoms with van der Waals surface area (Å²) in [6, 6.07) is 6.71. The van der Waals surface area contributed by atoms with Crippen LogP contribution in [0.15, 0.2) is 24.3 Å². The molecular formula is C14H17ClFNO. The zero-order chi connectivity index (χ0) is 13.0. The molecular weight excluding hydrogens is 253 g/mol. The molecule has 0 aromatic heterocycles. The fraction of sp³-hybridized carbons (Fsp3) is 0.500. The van der Waals surface area contributed by atoms with E-state index in [4.69, 9.17) is 11.6 Å². The second kappa shape index (κ2) is 6.19. The van der Waals surface area contributed by atoms with E-state index in [1.807, 2.05) is 4.90 Å². The third-order valence-corrected chi connectivity index (χ3v) is 3.37. The van der Waals surface area contributed by atoms with E-state index in [1.54, 1.807) is 12.1 Å². The molecule has 0 heterocycles. The Bertz CT molecular complexity index is 403. The first-order chi connectivity index (χ1) is 8.70. The van der Waals surface area contributed by atoms with Gasteiger partial charge in [-0.1, -0.05) is 12.1 Å². The highest BCUT2D eigenvalue weighted by molar-refractivity contribution is 6.17. The second-order valence-corrected chi connectivity index (χ2v) is 5.05. The number of carbonyl (C=O) groups excluding carboxylic acids is 1. The zero-order valence-electron chi connectivity index (χ0n) is 10.2. The summed E-state index contributed by atoms with van der Waals surface area (Å²) in [5.41, 5.74) is 0.975. The number of nitrogens with zero attached hydrogens (tertiary/aromatic N) is 1. The minimum atomic E-state index is -0.245. The second-order valence-electron chi connectivity index (χ2n) is 4.67. The Balaban J connectivity index is 1.97. The number of rotatable bonds is 6. The van der Waals surface area contributed by atoms with Gasteiger partial charge in [-0.3, -0.25) is 4.79 Å². The Morgan fingerprint density at radius 1 is 1.33 bits per heavy atom. The highest BCUT2D eigenvalue weighted by Crippen LogP contribution is 2.29.